The van der Waals surface area contributed by atoms with Gasteiger partial charge in [0.15, 0.2) is 0 Å². The summed E-state index contributed by atoms with van der Waals surface area (Å²) < 4.78 is 12.7. The molecule has 0 aromatic heterocycles. The third-order valence-electron chi connectivity index (χ3n) is 9.73. The lowest BCUT2D eigenvalue weighted by Gasteiger charge is -2.32. The fourth-order valence-corrected chi connectivity index (χ4v) is 6.47. The molecule has 45 heavy (non-hydrogen) atoms. The van der Waals surface area contributed by atoms with E-state index in [9.17, 15) is 0 Å². The first kappa shape index (κ1) is 30.9. The quantitative estimate of drug-likeness (QED) is 0.189. The monoisotopic (exact) mass is 593 g/mol. The molecule has 1 fully saturated rings. The molecular weight excluding hydrogens is 549 g/mol. The minimum absolute atomic E-state index is 0.0780. The van der Waals surface area contributed by atoms with Gasteiger partial charge in [0.25, 0.3) is 0 Å². The molecule has 1 aliphatic carbocycles. The highest BCUT2D eigenvalue weighted by molar-refractivity contribution is 6.62. The van der Waals surface area contributed by atoms with E-state index in [1.54, 1.807) is 0 Å². The van der Waals surface area contributed by atoms with Gasteiger partial charge in [0.1, 0.15) is 0 Å². The Morgan fingerprint density at radius 1 is 0.489 bits per heavy atom. The standard InChI is InChI=1S/C39H38BNO2.C2H6/c1-37(2)35-15-11-10-14-33(35)34-25-24-32(26-36(34)37)41(30-20-16-28(17-21-30)27-12-8-7-9-13-27)31-22-18-29(19-23-31)40-42-38(3,4)39(5,6)43-40;1-2/h7-26H,1-6H3;1-2H3. The van der Waals surface area contributed by atoms with E-state index in [1.165, 1.54) is 33.4 Å². The normalized spacial score (nSPS) is 16.8. The van der Waals surface area contributed by atoms with Crippen molar-refractivity contribution in [2.75, 3.05) is 4.90 Å². The zero-order chi connectivity index (χ0) is 32.0. The molecular formula is C41H44BNO2. The van der Waals surface area contributed by atoms with Crippen LogP contribution in [0.5, 0.6) is 0 Å². The molecule has 4 heteroatoms. The highest BCUT2D eigenvalue weighted by atomic mass is 16.7. The molecule has 1 aliphatic heterocycles. The van der Waals surface area contributed by atoms with E-state index in [1.807, 2.05) is 13.8 Å². The molecule has 3 nitrogen and oxygen atoms in total. The number of anilines is 3. The third-order valence-corrected chi connectivity index (χ3v) is 9.73. The molecule has 228 valence electrons. The summed E-state index contributed by atoms with van der Waals surface area (Å²) in [6.45, 7) is 17.0. The lowest BCUT2D eigenvalue weighted by Crippen LogP contribution is -2.41. The van der Waals surface area contributed by atoms with Crippen LogP contribution in [-0.4, -0.2) is 18.3 Å². The predicted molar refractivity (Wildman–Crippen MR) is 191 cm³/mol. The summed E-state index contributed by atoms with van der Waals surface area (Å²) in [7, 11) is -0.392. The topological polar surface area (TPSA) is 21.7 Å². The molecule has 0 amide bonds. The lowest BCUT2D eigenvalue weighted by atomic mass is 9.79. The van der Waals surface area contributed by atoms with Crippen LogP contribution in [0.25, 0.3) is 22.3 Å². The lowest BCUT2D eigenvalue weighted by molar-refractivity contribution is 0.00578. The average Bonchev–Trinajstić information content (AvgIpc) is 3.42. The first-order valence-corrected chi connectivity index (χ1v) is 16.2. The molecule has 1 heterocycles. The van der Waals surface area contributed by atoms with Crippen LogP contribution in [0.4, 0.5) is 17.1 Å². The zero-order valence-corrected chi connectivity index (χ0v) is 27.9. The fourth-order valence-electron chi connectivity index (χ4n) is 6.47. The molecule has 0 atom stereocenters. The fraction of sp³-hybridized carbons (Fsp3) is 0.268. The highest BCUT2D eigenvalue weighted by Gasteiger charge is 2.51. The van der Waals surface area contributed by atoms with Crippen molar-refractivity contribution in [3.05, 3.63) is 132 Å². The molecule has 5 aromatic rings. The van der Waals surface area contributed by atoms with Crippen LogP contribution in [0.2, 0.25) is 0 Å². The van der Waals surface area contributed by atoms with E-state index in [-0.39, 0.29) is 16.6 Å². The van der Waals surface area contributed by atoms with Crippen LogP contribution in [0.3, 0.4) is 0 Å². The molecule has 2 aliphatic rings. The molecule has 0 N–H and O–H groups in total. The number of fused-ring (bicyclic) bond motifs is 3. The molecule has 1 saturated heterocycles. The largest absolute Gasteiger partial charge is 0.494 e. The minimum atomic E-state index is -0.392. The second kappa shape index (κ2) is 11.7. The van der Waals surface area contributed by atoms with Crippen molar-refractivity contribution in [3.8, 4) is 22.3 Å². The Bertz CT molecular complexity index is 1770. The Balaban J connectivity index is 0.00000175. The zero-order valence-electron chi connectivity index (χ0n) is 27.9. The summed E-state index contributed by atoms with van der Waals surface area (Å²) in [5.41, 5.74) is 11.3. The smallest absolute Gasteiger partial charge is 0.399 e. The van der Waals surface area contributed by atoms with Gasteiger partial charge in [-0.3, -0.25) is 0 Å². The Morgan fingerprint density at radius 2 is 0.978 bits per heavy atom. The van der Waals surface area contributed by atoms with E-state index >= 15 is 0 Å². The van der Waals surface area contributed by atoms with Crippen LogP contribution in [0.15, 0.2) is 121 Å². The minimum Gasteiger partial charge on any atom is -0.399 e. The van der Waals surface area contributed by atoms with E-state index in [4.69, 9.17) is 9.31 Å². The molecule has 0 spiro atoms. The molecule has 0 bridgehead atoms. The summed E-state index contributed by atoms with van der Waals surface area (Å²) >= 11 is 0. The van der Waals surface area contributed by atoms with Crippen molar-refractivity contribution in [3.63, 3.8) is 0 Å². The van der Waals surface area contributed by atoms with E-state index < -0.39 is 7.12 Å². The average molecular weight is 594 g/mol. The Hall–Kier alpha value is -4.12. The van der Waals surface area contributed by atoms with Crippen LogP contribution < -0.4 is 10.4 Å². The van der Waals surface area contributed by atoms with Gasteiger partial charge in [-0.2, -0.15) is 0 Å². The Kier molecular flexibility index (Phi) is 8.01. The van der Waals surface area contributed by atoms with Crippen LogP contribution in [0.1, 0.15) is 66.5 Å². The van der Waals surface area contributed by atoms with Gasteiger partial charge < -0.3 is 14.2 Å². The molecule has 0 unspecified atom stereocenters. The second-order valence-corrected chi connectivity index (χ2v) is 13.3. The van der Waals surface area contributed by atoms with Gasteiger partial charge in [-0.15, -0.1) is 0 Å². The van der Waals surface area contributed by atoms with E-state index in [0.29, 0.717) is 0 Å². The summed E-state index contributed by atoms with van der Waals surface area (Å²) in [5, 5.41) is 0. The first-order chi connectivity index (χ1) is 21.5. The van der Waals surface area contributed by atoms with Crippen molar-refractivity contribution < 1.29 is 9.31 Å². The van der Waals surface area contributed by atoms with Gasteiger partial charge in [0.05, 0.1) is 11.2 Å². The Morgan fingerprint density at radius 3 is 1.60 bits per heavy atom. The van der Waals surface area contributed by atoms with E-state index in [0.717, 1.165) is 22.5 Å². The predicted octanol–water partition coefficient (Wildman–Crippen LogP) is 10.5. The maximum absolute atomic E-state index is 6.34. The maximum Gasteiger partial charge on any atom is 0.494 e. The van der Waals surface area contributed by atoms with E-state index in [2.05, 4.69) is 168 Å². The number of hydrogen-bond donors (Lipinski definition) is 0. The first-order valence-electron chi connectivity index (χ1n) is 16.2. The van der Waals surface area contributed by atoms with Gasteiger partial charge in [0.2, 0.25) is 0 Å². The second-order valence-electron chi connectivity index (χ2n) is 13.3. The van der Waals surface area contributed by atoms with Gasteiger partial charge in [-0.25, -0.2) is 0 Å². The summed E-state index contributed by atoms with van der Waals surface area (Å²) in [5.74, 6) is 0. The summed E-state index contributed by atoms with van der Waals surface area (Å²) in [6.07, 6.45) is 0. The molecule has 0 saturated carbocycles. The SMILES string of the molecule is CC.CC1(C)c2ccccc2-c2ccc(N(c3ccc(B4OC(C)(C)C(C)(C)O4)cc3)c3ccc(-c4ccccc4)cc3)cc21. The Labute approximate surface area is 270 Å². The summed E-state index contributed by atoms with van der Waals surface area (Å²) in [6, 6.07) is 43.8. The molecule has 7 rings (SSSR count). The van der Waals surface area contributed by atoms with Gasteiger partial charge in [-0.1, -0.05) is 113 Å². The number of hydrogen-bond acceptors (Lipinski definition) is 3. The van der Waals surface area contributed by atoms with Gasteiger partial charge in [0, 0.05) is 22.5 Å². The van der Waals surface area contributed by atoms with Crippen molar-refractivity contribution in [1.29, 1.82) is 0 Å². The van der Waals surface area contributed by atoms with Crippen molar-refractivity contribution in [1.82, 2.24) is 0 Å². The maximum atomic E-state index is 6.34. The summed E-state index contributed by atoms with van der Waals surface area (Å²) in [4.78, 5) is 2.35. The van der Waals surface area contributed by atoms with Gasteiger partial charge in [-0.05, 0) is 103 Å². The third kappa shape index (κ3) is 5.41. The van der Waals surface area contributed by atoms with Crippen molar-refractivity contribution in [2.24, 2.45) is 0 Å². The number of nitrogens with zero attached hydrogens (tertiary/aromatic N) is 1. The van der Waals surface area contributed by atoms with Crippen molar-refractivity contribution >= 4 is 29.6 Å². The number of benzene rings is 5. The van der Waals surface area contributed by atoms with Crippen LogP contribution >= 0.6 is 0 Å². The highest BCUT2D eigenvalue weighted by Crippen LogP contribution is 2.50. The van der Waals surface area contributed by atoms with Gasteiger partial charge >= 0.3 is 7.12 Å². The van der Waals surface area contributed by atoms with Crippen molar-refractivity contribution in [2.45, 2.75) is 72.0 Å². The van der Waals surface area contributed by atoms with Crippen LogP contribution in [0, 0.1) is 0 Å². The number of rotatable bonds is 5. The molecule has 5 aromatic carbocycles. The molecule has 0 radical (unpaired) electrons. The van der Waals surface area contributed by atoms with Crippen LogP contribution in [-0.2, 0) is 14.7 Å².